The summed E-state index contributed by atoms with van der Waals surface area (Å²) >= 11 is 0. The molecule has 0 spiro atoms. The van der Waals surface area contributed by atoms with Crippen molar-refractivity contribution in [3.05, 3.63) is 18.0 Å². The average Bonchev–Trinajstić information content (AvgIpc) is 2.77. The normalized spacial score (nSPS) is 20.7. The van der Waals surface area contributed by atoms with Crippen LogP contribution in [0.25, 0.3) is 0 Å². The number of carbonyl (C=O) groups is 1. The van der Waals surface area contributed by atoms with Gasteiger partial charge in [0.15, 0.2) is 0 Å². The first-order valence-corrected chi connectivity index (χ1v) is 6.27. The van der Waals surface area contributed by atoms with E-state index in [1.54, 1.807) is 11.1 Å². The van der Waals surface area contributed by atoms with Crippen molar-refractivity contribution in [1.82, 2.24) is 15.1 Å². The van der Waals surface area contributed by atoms with Crippen LogP contribution in [0.1, 0.15) is 18.4 Å². The van der Waals surface area contributed by atoms with Crippen molar-refractivity contribution in [2.24, 2.45) is 0 Å². The topological polar surface area (TPSA) is 78.5 Å². The highest BCUT2D eigenvalue weighted by atomic mass is 16.5. The Hall–Kier alpha value is -1.40. The van der Waals surface area contributed by atoms with Gasteiger partial charge in [-0.3, -0.25) is 9.89 Å². The van der Waals surface area contributed by atoms with E-state index >= 15 is 0 Å². The van der Waals surface area contributed by atoms with E-state index in [1.165, 1.54) is 0 Å². The fourth-order valence-corrected chi connectivity index (χ4v) is 2.04. The van der Waals surface area contributed by atoms with Gasteiger partial charge in [0, 0.05) is 25.7 Å². The molecule has 1 aliphatic heterocycles. The van der Waals surface area contributed by atoms with E-state index in [9.17, 15) is 9.90 Å². The largest absolute Gasteiger partial charge is 0.389 e. The zero-order chi connectivity index (χ0) is 12.8. The molecule has 2 rings (SSSR count). The van der Waals surface area contributed by atoms with Crippen LogP contribution in [0.3, 0.4) is 0 Å². The predicted molar refractivity (Wildman–Crippen MR) is 64.9 cm³/mol. The Labute approximate surface area is 106 Å². The van der Waals surface area contributed by atoms with Gasteiger partial charge in [-0.05, 0) is 18.4 Å². The van der Waals surface area contributed by atoms with Gasteiger partial charge < -0.3 is 14.7 Å². The molecule has 1 saturated heterocycles. The second-order valence-electron chi connectivity index (χ2n) is 4.53. The van der Waals surface area contributed by atoms with E-state index in [-0.39, 0.29) is 5.91 Å². The molecule has 100 valence electrons. The van der Waals surface area contributed by atoms with Crippen molar-refractivity contribution < 1.29 is 14.6 Å². The monoisotopic (exact) mass is 253 g/mol. The van der Waals surface area contributed by atoms with Crippen LogP contribution in [0, 0.1) is 0 Å². The van der Waals surface area contributed by atoms with Crippen molar-refractivity contribution in [3.8, 4) is 0 Å². The molecule has 1 fully saturated rings. The van der Waals surface area contributed by atoms with Crippen molar-refractivity contribution in [1.29, 1.82) is 0 Å². The predicted octanol–water partition coefficient (Wildman–Crippen LogP) is -0.0479. The lowest BCUT2D eigenvalue weighted by Crippen LogP contribution is -2.37. The third-order valence-electron chi connectivity index (χ3n) is 3.01. The van der Waals surface area contributed by atoms with Gasteiger partial charge in [-0.1, -0.05) is 0 Å². The van der Waals surface area contributed by atoms with E-state index in [0.717, 1.165) is 18.4 Å². The van der Waals surface area contributed by atoms with Crippen LogP contribution in [-0.2, 0) is 16.0 Å². The summed E-state index contributed by atoms with van der Waals surface area (Å²) in [5.74, 6) is 0.0862. The number of H-pyrrole nitrogens is 1. The lowest BCUT2D eigenvalue weighted by Gasteiger charge is -2.21. The van der Waals surface area contributed by atoms with E-state index in [2.05, 4.69) is 10.2 Å². The molecule has 6 heteroatoms. The number of β-amino-alcohol motifs (C(OH)–C–C–N with tert-alkyl or cyclic N) is 1. The van der Waals surface area contributed by atoms with Gasteiger partial charge in [-0.15, -0.1) is 0 Å². The molecule has 2 heterocycles. The Bertz CT molecular complexity index is 367. The van der Waals surface area contributed by atoms with Gasteiger partial charge in [0.25, 0.3) is 0 Å². The van der Waals surface area contributed by atoms with Crippen LogP contribution in [0.2, 0.25) is 0 Å². The van der Waals surface area contributed by atoms with Gasteiger partial charge in [-0.25, -0.2) is 0 Å². The summed E-state index contributed by atoms with van der Waals surface area (Å²) in [6.07, 6.45) is 5.19. The molecule has 0 bridgehead atoms. The third-order valence-corrected chi connectivity index (χ3v) is 3.01. The van der Waals surface area contributed by atoms with Gasteiger partial charge >= 0.3 is 0 Å². The highest BCUT2D eigenvalue weighted by Crippen LogP contribution is 2.07. The zero-order valence-corrected chi connectivity index (χ0v) is 10.3. The Morgan fingerprint density at radius 1 is 1.67 bits per heavy atom. The van der Waals surface area contributed by atoms with E-state index < -0.39 is 6.10 Å². The van der Waals surface area contributed by atoms with Crippen molar-refractivity contribution in [2.75, 3.05) is 26.3 Å². The van der Waals surface area contributed by atoms with Crippen molar-refractivity contribution in [2.45, 2.75) is 25.4 Å². The molecule has 1 aliphatic rings. The van der Waals surface area contributed by atoms with Crippen LogP contribution in [0.15, 0.2) is 12.4 Å². The first-order chi connectivity index (χ1) is 8.75. The molecule has 0 radical (unpaired) electrons. The Balaban J connectivity index is 1.73. The van der Waals surface area contributed by atoms with Gasteiger partial charge in [0.05, 0.1) is 25.5 Å². The SMILES string of the molecule is O=C(CCCc1cn[nH]c1)N1CCOC[C@H](O)C1. The smallest absolute Gasteiger partial charge is 0.222 e. The number of rotatable bonds is 4. The van der Waals surface area contributed by atoms with Crippen LogP contribution in [-0.4, -0.2) is 58.5 Å². The third kappa shape index (κ3) is 3.82. The van der Waals surface area contributed by atoms with Crippen LogP contribution in [0.4, 0.5) is 0 Å². The van der Waals surface area contributed by atoms with Gasteiger partial charge in [0.1, 0.15) is 0 Å². The minimum Gasteiger partial charge on any atom is -0.389 e. The van der Waals surface area contributed by atoms with E-state index in [4.69, 9.17) is 4.74 Å². The Kier molecular flexibility index (Phi) is 4.72. The Morgan fingerprint density at radius 2 is 2.56 bits per heavy atom. The van der Waals surface area contributed by atoms with Crippen LogP contribution in [0.5, 0.6) is 0 Å². The minimum absolute atomic E-state index is 0.0862. The molecule has 1 amide bonds. The number of aliphatic hydroxyl groups excluding tert-OH is 1. The fraction of sp³-hybridized carbons (Fsp3) is 0.667. The number of nitrogens with zero attached hydrogens (tertiary/aromatic N) is 2. The highest BCUT2D eigenvalue weighted by Gasteiger charge is 2.20. The Morgan fingerprint density at radius 3 is 3.33 bits per heavy atom. The molecule has 1 atom stereocenters. The number of aliphatic hydroxyl groups is 1. The number of ether oxygens (including phenoxy) is 1. The second-order valence-corrected chi connectivity index (χ2v) is 4.53. The number of carbonyl (C=O) groups excluding carboxylic acids is 1. The van der Waals surface area contributed by atoms with Crippen LogP contribution < -0.4 is 0 Å². The molecule has 0 unspecified atom stereocenters. The standard InChI is InChI=1S/C12H19N3O3/c16-11-8-15(4-5-18-9-11)12(17)3-1-2-10-6-13-14-7-10/h6-7,11,16H,1-5,8-9H2,(H,13,14)/t11-/m1/s1. The van der Waals surface area contributed by atoms with Gasteiger partial charge in [0.2, 0.25) is 5.91 Å². The number of amides is 1. The molecule has 0 saturated carbocycles. The molecule has 2 N–H and O–H groups in total. The number of hydrogen-bond acceptors (Lipinski definition) is 4. The number of aromatic amines is 1. The highest BCUT2D eigenvalue weighted by molar-refractivity contribution is 5.76. The summed E-state index contributed by atoms with van der Waals surface area (Å²) in [7, 11) is 0. The molecule has 1 aromatic heterocycles. The van der Waals surface area contributed by atoms with Crippen LogP contribution >= 0.6 is 0 Å². The lowest BCUT2D eigenvalue weighted by atomic mass is 10.1. The van der Waals surface area contributed by atoms with E-state index in [0.29, 0.717) is 32.7 Å². The summed E-state index contributed by atoms with van der Waals surface area (Å²) in [5, 5.41) is 16.2. The molecular formula is C12H19N3O3. The van der Waals surface area contributed by atoms with E-state index in [1.807, 2.05) is 6.20 Å². The van der Waals surface area contributed by atoms with Gasteiger partial charge in [-0.2, -0.15) is 5.10 Å². The first-order valence-electron chi connectivity index (χ1n) is 6.27. The summed E-state index contributed by atoms with van der Waals surface area (Å²) in [4.78, 5) is 13.6. The number of nitrogens with one attached hydrogen (secondary N) is 1. The second kappa shape index (κ2) is 6.51. The quantitative estimate of drug-likeness (QED) is 0.788. The number of aryl methyl sites for hydroxylation is 1. The summed E-state index contributed by atoms with van der Waals surface area (Å²) in [6.45, 7) is 1.77. The van der Waals surface area contributed by atoms with Crippen molar-refractivity contribution in [3.63, 3.8) is 0 Å². The summed E-state index contributed by atoms with van der Waals surface area (Å²) in [6, 6.07) is 0. The maximum atomic E-state index is 12.0. The number of hydrogen-bond donors (Lipinski definition) is 2. The van der Waals surface area contributed by atoms with Crippen molar-refractivity contribution >= 4 is 5.91 Å². The number of aromatic nitrogens is 2. The molecule has 0 aliphatic carbocycles. The summed E-state index contributed by atoms with van der Waals surface area (Å²) < 4.78 is 5.19. The zero-order valence-electron chi connectivity index (χ0n) is 10.3. The molecular weight excluding hydrogens is 234 g/mol. The molecule has 18 heavy (non-hydrogen) atoms. The minimum atomic E-state index is -0.565. The summed E-state index contributed by atoms with van der Waals surface area (Å²) in [5.41, 5.74) is 1.11. The lowest BCUT2D eigenvalue weighted by molar-refractivity contribution is -0.132. The maximum absolute atomic E-state index is 12.0. The maximum Gasteiger partial charge on any atom is 0.222 e. The first kappa shape index (κ1) is 13.0. The average molecular weight is 253 g/mol. The molecule has 0 aromatic carbocycles. The fourth-order valence-electron chi connectivity index (χ4n) is 2.04. The molecule has 1 aromatic rings. The molecule has 6 nitrogen and oxygen atoms in total.